The molecular formula is C12H19N3O. The highest BCUT2D eigenvalue weighted by atomic mass is 16.5. The molecule has 0 spiro atoms. The van der Waals surface area contributed by atoms with Gasteiger partial charge in [0.25, 0.3) is 0 Å². The van der Waals surface area contributed by atoms with Gasteiger partial charge in [0.1, 0.15) is 11.6 Å². The van der Waals surface area contributed by atoms with Gasteiger partial charge in [0.15, 0.2) is 0 Å². The number of ether oxygens (including phenoxy) is 1. The molecule has 0 heterocycles. The second-order valence-electron chi connectivity index (χ2n) is 3.92. The van der Waals surface area contributed by atoms with Gasteiger partial charge in [-0.1, -0.05) is 11.6 Å². The Morgan fingerprint density at radius 2 is 2.12 bits per heavy atom. The molecule has 0 atom stereocenters. The van der Waals surface area contributed by atoms with E-state index >= 15 is 0 Å². The highest BCUT2D eigenvalue weighted by Gasteiger charge is 2.09. The molecule has 0 aliphatic carbocycles. The molecule has 0 aliphatic heterocycles. The average molecular weight is 221 g/mol. The Labute approximate surface area is 96.5 Å². The first-order valence-electron chi connectivity index (χ1n) is 5.28. The Balaban J connectivity index is 3.22. The van der Waals surface area contributed by atoms with Gasteiger partial charge in [-0.2, -0.15) is 0 Å². The molecule has 0 saturated carbocycles. The normalized spacial score (nSPS) is 11.8. The Kier molecular flexibility index (Phi) is 4.31. The largest absolute Gasteiger partial charge is 0.496 e. The van der Waals surface area contributed by atoms with Gasteiger partial charge in [-0.3, -0.25) is 4.99 Å². The highest BCUT2D eigenvalue weighted by molar-refractivity contribution is 6.01. The number of methoxy groups -OCH3 is 1. The number of aryl methyl sites for hydroxylation is 1. The van der Waals surface area contributed by atoms with Gasteiger partial charge in [-0.15, -0.1) is 0 Å². The lowest BCUT2D eigenvalue weighted by atomic mass is 10.1. The Hall–Kier alpha value is -1.55. The zero-order valence-corrected chi connectivity index (χ0v) is 10.2. The van der Waals surface area contributed by atoms with Crippen LogP contribution in [0.3, 0.4) is 0 Å². The molecule has 4 heteroatoms. The number of nitrogens with two attached hydrogens (primary N) is 1. The van der Waals surface area contributed by atoms with Gasteiger partial charge < -0.3 is 10.2 Å². The highest BCUT2D eigenvalue weighted by Crippen LogP contribution is 2.19. The SMILES string of the molecule is COc1ccc(C)cc1C(=NC(C)C)NN. The summed E-state index contributed by atoms with van der Waals surface area (Å²) < 4.78 is 5.29. The molecule has 3 N–H and O–H groups in total. The number of nitrogens with zero attached hydrogens (tertiary/aromatic N) is 1. The lowest BCUT2D eigenvalue weighted by Crippen LogP contribution is -2.32. The average Bonchev–Trinajstić information content (AvgIpc) is 2.25. The van der Waals surface area contributed by atoms with E-state index in [1.165, 1.54) is 0 Å². The first-order valence-corrected chi connectivity index (χ1v) is 5.28. The monoisotopic (exact) mass is 221 g/mol. The second kappa shape index (κ2) is 5.51. The van der Waals surface area contributed by atoms with E-state index in [1.54, 1.807) is 7.11 Å². The third kappa shape index (κ3) is 2.97. The van der Waals surface area contributed by atoms with Crippen LogP contribution in [-0.4, -0.2) is 19.0 Å². The van der Waals surface area contributed by atoms with Crippen molar-refractivity contribution in [1.82, 2.24) is 5.43 Å². The van der Waals surface area contributed by atoms with E-state index in [1.807, 2.05) is 39.0 Å². The van der Waals surface area contributed by atoms with Gasteiger partial charge in [0, 0.05) is 6.04 Å². The second-order valence-corrected chi connectivity index (χ2v) is 3.92. The summed E-state index contributed by atoms with van der Waals surface area (Å²) in [6.45, 7) is 6.02. The van der Waals surface area contributed by atoms with E-state index in [9.17, 15) is 0 Å². The van der Waals surface area contributed by atoms with Crippen LogP contribution in [0.25, 0.3) is 0 Å². The van der Waals surface area contributed by atoms with Crippen LogP contribution >= 0.6 is 0 Å². The Morgan fingerprint density at radius 1 is 1.44 bits per heavy atom. The van der Waals surface area contributed by atoms with Crippen LogP contribution in [0.1, 0.15) is 25.0 Å². The molecule has 0 unspecified atom stereocenters. The molecular weight excluding hydrogens is 202 g/mol. The summed E-state index contributed by atoms with van der Waals surface area (Å²) in [5.74, 6) is 6.91. The van der Waals surface area contributed by atoms with Crippen molar-refractivity contribution in [3.05, 3.63) is 29.3 Å². The molecule has 1 aromatic rings. The molecule has 0 fully saturated rings. The molecule has 0 saturated heterocycles. The summed E-state index contributed by atoms with van der Waals surface area (Å²) >= 11 is 0. The van der Waals surface area contributed by atoms with Crippen LogP contribution in [0.5, 0.6) is 5.75 Å². The molecule has 88 valence electrons. The number of aliphatic imine (C=N–C) groups is 1. The molecule has 0 radical (unpaired) electrons. The molecule has 1 rings (SSSR count). The molecule has 0 bridgehead atoms. The third-order valence-corrected chi connectivity index (χ3v) is 2.13. The van der Waals surface area contributed by atoms with Gasteiger partial charge in [0.2, 0.25) is 0 Å². The van der Waals surface area contributed by atoms with Crippen LogP contribution in [0, 0.1) is 6.92 Å². The summed E-state index contributed by atoms with van der Waals surface area (Å²) in [5, 5.41) is 0. The van der Waals surface area contributed by atoms with Crippen molar-refractivity contribution in [1.29, 1.82) is 0 Å². The van der Waals surface area contributed by atoms with E-state index in [4.69, 9.17) is 10.6 Å². The smallest absolute Gasteiger partial charge is 0.146 e. The van der Waals surface area contributed by atoms with Gasteiger partial charge in [-0.25, -0.2) is 5.84 Å². The van der Waals surface area contributed by atoms with Crippen molar-refractivity contribution >= 4 is 5.84 Å². The first-order chi connectivity index (χ1) is 7.58. The minimum Gasteiger partial charge on any atom is -0.496 e. The molecule has 16 heavy (non-hydrogen) atoms. The number of hydrogen-bond donors (Lipinski definition) is 2. The number of hydrazine groups is 1. The number of hydrogen-bond acceptors (Lipinski definition) is 3. The van der Waals surface area contributed by atoms with E-state index < -0.39 is 0 Å². The standard InChI is InChI=1S/C12H19N3O/c1-8(2)14-12(15-13)10-7-9(3)5-6-11(10)16-4/h5-8H,13H2,1-4H3,(H,14,15). The van der Waals surface area contributed by atoms with E-state index in [2.05, 4.69) is 10.4 Å². The maximum Gasteiger partial charge on any atom is 0.146 e. The van der Waals surface area contributed by atoms with E-state index in [0.717, 1.165) is 16.9 Å². The van der Waals surface area contributed by atoms with Gasteiger partial charge in [0.05, 0.1) is 12.7 Å². The summed E-state index contributed by atoms with van der Waals surface area (Å²) in [4.78, 5) is 4.42. The number of rotatable bonds is 3. The number of benzene rings is 1. The minimum absolute atomic E-state index is 0.177. The third-order valence-electron chi connectivity index (χ3n) is 2.13. The van der Waals surface area contributed by atoms with Crippen LogP contribution in [0.15, 0.2) is 23.2 Å². The van der Waals surface area contributed by atoms with Crippen molar-refractivity contribution in [3.8, 4) is 5.75 Å². The van der Waals surface area contributed by atoms with Gasteiger partial charge in [-0.05, 0) is 32.9 Å². The van der Waals surface area contributed by atoms with Crippen molar-refractivity contribution in [2.45, 2.75) is 26.8 Å². The van der Waals surface area contributed by atoms with E-state index in [0.29, 0.717) is 5.84 Å². The van der Waals surface area contributed by atoms with Crippen molar-refractivity contribution in [2.75, 3.05) is 7.11 Å². The predicted octanol–water partition coefficient (Wildman–Crippen LogP) is 1.62. The summed E-state index contributed by atoms with van der Waals surface area (Å²) in [6, 6.07) is 6.08. The zero-order valence-electron chi connectivity index (χ0n) is 10.2. The summed E-state index contributed by atoms with van der Waals surface area (Å²) in [7, 11) is 1.64. The molecule has 1 aromatic carbocycles. The maximum absolute atomic E-state index is 5.49. The topological polar surface area (TPSA) is 59.6 Å². The first kappa shape index (κ1) is 12.5. The van der Waals surface area contributed by atoms with Crippen LogP contribution in [0.4, 0.5) is 0 Å². The lowest BCUT2D eigenvalue weighted by Gasteiger charge is -2.12. The minimum atomic E-state index is 0.177. The van der Waals surface area contributed by atoms with Crippen LogP contribution in [-0.2, 0) is 0 Å². The zero-order chi connectivity index (χ0) is 12.1. The van der Waals surface area contributed by atoms with Crippen LogP contribution in [0.2, 0.25) is 0 Å². The quantitative estimate of drug-likeness (QED) is 0.353. The fourth-order valence-corrected chi connectivity index (χ4v) is 1.45. The maximum atomic E-state index is 5.49. The fourth-order valence-electron chi connectivity index (χ4n) is 1.45. The molecule has 4 nitrogen and oxygen atoms in total. The number of nitrogens with one attached hydrogen (secondary N) is 1. The molecule has 0 aromatic heterocycles. The Bertz CT molecular complexity index is 386. The molecule has 0 aliphatic rings. The molecule has 0 amide bonds. The van der Waals surface area contributed by atoms with E-state index in [-0.39, 0.29) is 6.04 Å². The summed E-state index contributed by atoms with van der Waals surface area (Å²) in [5.41, 5.74) is 4.65. The number of amidine groups is 1. The van der Waals surface area contributed by atoms with Crippen molar-refractivity contribution in [3.63, 3.8) is 0 Å². The predicted molar refractivity (Wildman–Crippen MR) is 66.7 cm³/mol. The van der Waals surface area contributed by atoms with Gasteiger partial charge >= 0.3 is 0 Å². The lowest BCUT2D eigenvalue weighted by molar-refractivity contribution is 0.413. The van der Waals surface area contributed by atoms with Crippen molar-refractivity contribution < 1.29 is 4.74 Å². The fraction of sp³-hybridized carbons (Fsp3) is 0.417. The van der Waals surface area contributed by atoms with Crippen LogP contribution < -0.4 is 16.0 Å². The Morgan fingerprint density at radius 3 is 2.62 bits per heavy atom. The summed E-state index contributed by atoms with van der Waals surface area (Å²) in [6.07, 6.45) is 0. The van der Waals surface area contributed by atoms with Crippen molar-refractivity contribution in [2.24, 2.45) is 10.8 Å².